The zero-order valence-electron chi connectivity index (χ0n) is 11.8. The second kappa shape index (κ2) is 6.33. The third kappa shape index (κ3) is 3.46. The van der Waals surface area contributed by atoms with Crippen LogP contribution in [0.3, 0.4) is 0 Å². The summed E-state index contributed by atoms with van der Waals surface area (Å²) < 4.78 is 0. The smallest absolute Gasteiger partial charge is 0.0991 e. The summed E-state index contributed by atoms with van der Waals surface area (Å²) in [7, 11) is 0. The van der Waals surface area contributed by atoms with Crippen molar-refractivity contribution in [2.24, 2.45) is 0 Å². The number of halogens is 1. The number of nitriles is 1. The van der Waals surface area contributed by atoms with E-state index in [0.717, 1.165) is 23.4 Å². The van der Waals surface area contributed by atoms with E-state index in [4.69, 9.17) is 16.9 Å². The molecule has 0 N–H and O–H groups in total. The van der Waals surface area contributed by atoms with Crippen LogP contribution in [-0.2, 0) is 6.42 Å². The van der Waals surface area contributed by atoms with Crippen LogP contribution in [0.25, 0.3) is 0 Å². The molecule has 0 aliphatic heterocycles. The Kier molecular flexibility index (Phi) is 4.27. The van der Waals surface area contributed by atoms with Gasteiger partial charge in [-0.1, -0.05) is 35.9 Å². The molecule has 1 saturated carbocycles. The average Bonchev–Trinajstić information content (AvgIpc) is 2.96. The van der Waals surface area contributed by atoms with E-state index in [1.165, 1.54) is 24.0 Å². The van der Waals surface area contributed by atoms with Crippen LogP contribution >= 0.6 is 11.6 Å². The van der Waals surface area contributed by atoms with Crippen molar-refractivity contribution in [3.63, 3.8) is 0 Å². The minimum atomic E-state index is 0.622. The molecule has 2 heteroatoms. The van der Waals surface area contributed by atoms with Crippen LogP contribution in [0.15, 0.2) is 48.5 Å². The Morgan fingerprint density at radius 2 is 1.95 bits per heavy atom. The van der Waals surface area contributed by atoms with Crippen molar-refractivity contribution in [1.82, 2.24) is 0 Å². The Morgan fingerprint density at radius 1 is 1.14 bits per heavy atom. The monoisotopic (exact) mass is 294 g/mol. The van der Waals surface area contributed by atoms with Crippen molar-refractivity contribution in [2.75, 3.05) is 0 Å². The molecule has 1 aliphatic rings. The predicted octanol–water partition coefficient (Wildman–Crippen LogP) is 5.30. The first-order chi connectivity index (χ1) is 10.2. The van der Waals surface area contributed by atoms with Crippen LogP contribution in [0, 0.1) is 17.2 Å². The fraction of sp³-hybridized carbons (Fsp3) is 0.263. The lowest BCUT2D eigenvalue weighted by Gasteiger charge is -2.12. The van der Waals surface area contributed by atoms with Gasteiger partial charge in [0.15, 0.2) is 0 Å². The summed E-state index contributed by atoms with van der Waals surface area (Å²) in [4.78, 5) is 0. The SMILES string of the molecule is N#Cc1cccc(C[C]2CCC(c3ccc(Cl)cc3)C2)c1. The van der Waals surface area contributed by atoms with E-state index in [9.17, 15) is 0 Å². The third-order valence-corrected chi connectivity index (χ3v) is 4.49. The van der Waals surface area contributed by atoms with E-state index in [2.05, 4.69) is 24.3 Å². The van der Waals surface area contributed by atoms with Gasteiger partial charge in [0.2, 0.25) is 0 Å². The van der Waals surface area contributed by atoms with Crippen LogP contribution in [0.2, 0.25) is 5.02 Å². The van der Waals surface area contributed by atoms with Gasteiger partial charge in [0.05, 0.1) is 11.6 Å². The Balaban J connectivity index is 1.64. The molecule has 0 saturated heterocycles. The fourth-order valence-electron chi connectivity index (χ4n) is 3.15. The van der Waals surface area contributed by atoms with Gasteiger partial charge in [-0.25, -0.2) is 0 Å². The van der Waals surface area contributed by atoms with Gasteiger partial charge in [-0.15, -0.1) is 0 Å². The van der Waals surface area contributed by atoms with Crippen molar-refractivity contribution in [3.8, 4) is 6.07 Å². The summed E-state index contributed by atoms with van der Waals surface area (Å²) in [6.07, 6.45) is 4.55. The van der Waals surface area contributed by atoms with Crippen molar-refractivity contribution in [1.29, 1.82) is 5.26 Å². The molecule has 1 radical (unpaired) electrons. The summed E-state index contributed by atoms with van der Waals surface area (Å²) in [5.41, 5.74) is 3.39. The average molecular weight is 295 g/mol. The van der Waals surface area contributed by atoms with Crippen LogP contribution in [0.1, 0.15) is 41.9 Å². The third-order valence-electron chi connectivity index (χ3n) is 4.23. The van der Waals surface area contributed by atoms with Gasteiger partial charge in [-0.3, -0.25) is 0 Å². The minimum absolute atomic E-state index is 0.622. The van der Waals surface area contributed by atoms with Gasteiger partial charge < -0.3 is 0 Å². The van der Waals surface area contributed by atoms with E-state index >= 15 is 0 Å². The van der Waals surface area contributed by atoms with E-state index in [1.54, 1.807) is 5.92 Å². The highest BCUT2D eigenvalue weighted by Crippen LogP contribution is 2.41. The highest BCUT2D eigenvalue weighted by atomic mass is 35.5. The number of hydrogen-bond donors (Lipinski definition) is 0. The van der Waals surface area contributed by atoms with Crippen molar-refractivity contribution >= 4 is 11.6 Å². The molecule has 2 aromatic carbocycles. The molecule has 1 nitrogen and oxygen atoms in total. The molecule has 1 aliphatic carbocycles. The molecule has 1 atom stereocenters. The zero-order valence-corrected chi connectivity index (χ0v) is 12.6. The molecule has 0 heterocycles. The van der Waals surface area contributed by atoms with Gasteiger partial charge in [-0.2, -0.15) is 5.26 Å². The highest BCUT2D eigenvalue weighted by molar-refractivity contribution is 6.30. The molecule has 105 valence electrons. The molecule has 1 fully saturated rings. The second-order valence-corrected chi connectivity index (χ2v) is 6.17. The number of rotatable bonds is 3. The molecule has 1 unspecified atom stereocenters. The van der Waals surface area contributed by atoms with E-state index in [1.807, 2.05) is 30.3 Å². The molecule has 0 amide bonds. The molecular formula is C19H17ClN. The zero-order chi connectivity index (χ0) is 14.7. The first-order valence-electron chi connectivity index (χ1n) is 7.32. The number of nitrogens with zero attached hydrogens (tertiary/aromatic N) is 1. The Labute approximate surface area is 131 Å². The van der Waals surface area contributed by atoms with Crippen molar-refractivity contribution in [3.05, 3.63) is 76.2 Å². The van der Waals surface area contributed by atoms with Gasteiger partial charge in [0.1, 0.15) is 0 Å². The lowest BCUT2D eigenvalue weighted by atomic mass is 9.93. The van der Waals surface area contributed by atoms with Gasteiger partial charge in [-0.05, 0) is 72.9 Å². The van der Waals surface area contributed by atoms with Crippen LogP contribution in [0.4, 0.5) is 0 Å². The lowest BCUT2D eigenvalue weighted by molar-refractivity contribution is 0.723. The van der Waals surface area contributed by atoms with Crippen LogP contribution in [-0.4, -0.2) is 0 Å². The molecule has 21 heavy (non-hydrogen) atoms. The van der Waals surface area contributed by atoms with Crippen LogP contribution < -0.4 is 0 Å². The molecule has 3 rings (SSSR count). The number of hydrogen-bond acceptors (Lipinski definition) is 1. The Bertz CT molecular complexity index is 654. The summed E-state index contributed by atoms with van der Waals surface area (Å²) in [6.45, 7) is 0. The summed E-state index contributed by atoms with van der Waals surface area (Å²) >= 11 is 5.95. The number of benzene rings is 2. The molecule has 0 bridgehead atoms. The largest absolute Gasteiger partial charge is 0.192 e. The van der Waals surface area contributed by atoms with Gasteiger partial charge >= 0.3 is 0 Å². The molecular weight excluding hydrogens is 278 g/mol. The maximum absolute atomic E-state index is 8.97. The van der Waals surface area contributed by atoms with Crippen LogP contribution in [0.5, 0.6) is 0 Å². The lowest BCUT2D eigenvalue weighted by Crippen LogP contribution is -1.98. The summed E-state index contributed by atoms with van der Waals surface area (Å²) in [6, 6.07) is 18.4. The first kappa shape index (κ1) is 14.2. The maximum Gasteiger partial charge on any atom is 0.0991 e. The summed E-state index contributed by atoms with van der Waals surface area (Å²) in [5, 5.41) is 9.77. The fourth-order valence-corrected chi connectivity index (χ4v) is 3.28. The summed E-state index contributed by atoms with van der Waals surface area (Å²) in [5.74, 6) is 2.21. The first-order valence-corrected chi connectivity index (χ1v) is 7.70. The van der Waals surface area contributed by atoms with Gasteiger partial charge in [0.25, 0.3) is 0 Å². The Hall–Kier alpha value is -1.78. The quantitative estimate of drug-likeness (QED) is 0.754. The maximum atomic E-state index is 8.97. The normalized spacial score (nSPS) is 18.6. The predicted molar refractivity (Wildman–Crippen MR) is 86.1 cm³/mol. The topological polar surface area (TPSA) is 23.8 Å². The highest BCUT2D eigenvalue weighted by Gasteiger charge is 2.26. The Morgan fingerprint density at radius 3 is 2.71 bits per heavy atom. The second-order valence-electron chi connectivity index (χ2n) is 5.73. The van der Waals surface area contributed by atoms with Crippen molar-refractivity contribution in [2.45, 2.75) is 31.6 Å². The van der Waals surface area contributed by atoms with E-state index < -0.39 is 0 Å². The molecule has 0 spiro atoms. The van der Waals surface area contributed by atoms with Gasteiger partial charge in [0, 0.05) is 5.02 Å². The van der Waals surface area contributed by atoms with E-state index in [-0.39, 0.29) is 0 Å². The molecule has 2 aromatic rings. The minimum Gasteiger partial charge on any atom is -0.192 e. The van der Waals surface area contributed by atoms with E-state index in [0.29, 0.717) is 5.92 Å². The van der Waals surface area contributed by atoms with Crippen molar-refractivity contribution < 1.29 is 0 Å². The standard InChI is InChI=1S/C19H17ClN/c20-19-8-6-17(7-9-19)18-5-4-15(12-18)10-14-2-1-3-16(11-14)13-21/h1-3,6-9,11,18H,4-5,10,12H2. The molecule has 0 aromatic heterocycles.